The second-order valence-electron chi connectivity index (χ2n) is 3.87. The van der Waals surface area contributed by atoms with Crippen LogP contribution in [0, 0.1) is 5.82 Å². The van der Waals surface area contributed by atoms with Crippen molar-refractivity contribution in [1.29, 1.82) is 0 Å². The topological polar surface area (TPSA) is 81.8 Å². The first-order valence-corrected chi connectivity index (χ1v) is 5.62. The maximum atomic E-state index is 13.8. The first-order chi connectivity index (χ1) is 9.25. The number of alkyl halides is 2. The Balaban J connectivity index is 0.00000400. The molecule has 5 nitrogen and oxygen atoms in total. The highest BCUT2D eigenvalue weighted by molar-refractivity contribution is 5.85. The number of rotatable bonds is 5. The van der Waals surface area contributed by atoms with Crippen LogP contribution in [0.25, 0.3) is 0 Å². The Morgan fingerprint density at radius 2 is 2.05 bits per heavy atom. The molecule has 0 aliphatic rings. The molecule has 0 saturated heterocycles. The third kappa shape index (κ3) is 3.92. The van der Waals surface area contributed by atoms with Crippen molar-refractivity contribution in [2.45, 2.75) is 18.9 Å². The number of phenolic OH excluding ortho intramolecular Hbond substituents is 1. The van der Waals surface area contributed by atoms with Crippen molar-refractivity contribution in [2.24, 2.45) is 5.73 Å². The van der Waals surface area contributed by atoms with Crippen LogP contribution in [-0.4, -0.2) is 30.7 Å². The van der Waals surface area contributed by atoms with Crippen molar-refractivity contribution in [3.8, 4) is 11.5 Å². The standard InChI is InChI=1S/C12H14F3NO4.ClH/c1-3-20-11(18)12(14,15)10(16)7-4-6(13)5-8(19-2)9(7)17;/h4-5,10,17H,3,16H2,1-2H3;1H/t10-;/m1./s1. The minimum absolute atomic E-state index is 0. The molecule has 9 heteroatoms. The summed E-state index contributed by atoms with van der Waals surface area (Å²) in [6.45, 7) is 1.09. The first kappa shape index (κ1) is 19.3. The zero-order valence-electron chi connectivity index (χ0n) is 11.2. The normalized spacial score (nSPS) is 12.3. The Bertz CT molecular complexity index is 514. The summed E-state index contributed by atoms with van der Waals surface area (Å²) in [4.78, 5) is 11.2. The van der Waals surface area contributed by atoms with E-state index in [-0.39, 0.29) is 24.8 Å². The van der Waals surface area contributed by atoms with Gasteiger partial charge in [0.15, 0.2) is 11.5 Å². The summed E-state index contributed by atoms with van der Waals surface area (Å²) < 4.78 is 49.6. The van der Waals surface area contributed by atoms with Gasteiger partial charge in [-0.1, -0.05) is 0 Å². The van der Waals surface area contributed by atoms with Crippen molar-refractivity contribution in [3.63, 3.8) is 0 Å². The highest BCUT2D eigenvalue weighted by atomic mass is 35.5. The van der Waals surface area contributed by atoms with Crippen LogP contribution in [0.1, 0.15) is 18.5 Å². The summed E-state index contributed by atoms with van der Waals surface area (Å²) in [6.07, 6.45) is 0. The van der Waals surface area contributed by atoms with E-state index in [1.807, 2.05) is 0 Å². The molecule has 0 heterocycles. The molecule has 0 saturated carbocycles. The van der Waals surface area contributed by atoms with Gasteiger partial charge in [0.25, 0.3) is 0 Å². The minimum atomic E-state index is -4.12. The largest absolute Gasteiger partial charge is 0.504 e. The van der Waals surface area contributed by atoms with Crippen molar-refractivity contribution in [2.75, 3.05) is 13.7 Å². The molecular weight excluding hydrogens is 315 g/mol. The summed E-state index contributed by atoms with van der Waals surface area (Å²) in [7, 11) is 1.12. The maximum absolute atomic E-state index is 13.8. The van der Waals surface area contributed by atoms with Gasteiger partial charge in [-0.3, -0.25) is 0 Å². The fourth-order valence-electron chi connectivity index (χ4n) is 1.54. The van der Waals surface area contributed by atoms with Gasteiger partial charge in [0.05, 0.1) is 13.7 Å². The summed E-state index contributed by atoms with van der Waals surface area (Å²) >= 11 is 0. The number of ether oxygens (including phenoxy) is 2. The molecule has 0 aliphatic carbocycles. The van der Waals surface area contributed by atoms with E-state index in [0.717, 1.165) is 13.2 Å². The molecule has 0 aromatic heterocycles. The minimum Gasteiger partial charge on any atom is -0.504 e. The van der Waals surface area contributed by atoms with E-state index in [1.54, 1.807) is 0 Å². The van der Waals surface area contributed by atoms with Gasteiger partial charge in [0, 0.05) is 11.6 Å². The van der Waals surface area contributed by atoms with Crippen molar-refractivity contribution in [1.82, 2.24) is 0 Å². The number of phenols is 1. The first-order valence-electron chi connectivity index (χ1n) is 5.62. The van der Waals surface area contributed by atoms with Gasteiger partial charge in [-0.25, -0.2) is 9.18 Å². The fraction of sp³-hybridized carbons (Fsp3) is 0.417. The molecule has 21 heavy (non-hydrogen) atoms. The fourth-order valence-corrected chi connectivity index (χ4v) is 1.54. The third-order valence-corrected chi connectivity index (χ3v) is 2.56. The Kier molecular flexibility index (Phi) is 6.78. The second kappa shape index (κ2) is 7.37. The van der Waals surface area contributed by atoms with Crippen LogP contribution in [0.2, 0.25) is 0 Å². The molecule has 0 aliphatic heterocycles. The molecule has 0 amide bonds. The lowest BCUT2D eigenvalue weighted by atomic mass is 9.99. The Labute approximate surface area is 125 Å². The highest BCUT2D eigenvalue weighted by Crippen LogP contribution is 2.40. The summed E-state index contributed by atoms with van der Waals surface area (Å²) in [5, 5.41) is 9.70. The van der Waals surface area contributed by atoms with Gasteiger partial charge < -0.3 is 20.3 Å². The smallest absolute Gasteiger partial charge is 0.379 e. The van der Waals surface area contributed by atoms with Crippen molar-refractivity contribution < 1.29 is 32.5 Å². The van der Waals surface area contributed by atoms with Crippen LogP contribution in [0.5, 0.6) is 11.5 Å². The van der Waals surface area contributed by atoms with E-state index in [0.29, 0.717) is 6.07 Å². The van der Waals surface area contributed by atoms with E-state index in [2.05, 4.69) is 9.47 Å². The number of carbonyl (C=O) groups excluding carboxylic acids is 1. The highest BCUT2D eigenvalue weighted by Gasteiger charge is 2.49. The number of methoxy groups -OCH3 is 1. The number of hydrogen-bond acceptors (Lipinski definition) is 5. The van der Waals surface area contributed by atoms with E-state index in [4.69, 9.17) is 5.73 Å². The number of hydrogen-bond donors (Lipinski definition) is 2. The van der Waals surface area contributed by atoms with Crippen molar-refractivity contribution >= 4 is 18.4 Å². The number of aromatic hydroxyl groups is 1. The van der Waals surface area contributed by atoms with Crippen LogP contribution in [0.4, 0.5) is 13.2 Å². The summed E-state index contributed by atoms with van der Waals surface area (Å²) in [5.74, 6) is -8.04. The molecule has 1 atom stereocenters. The molecule has 0 unspecified atom stereocenters. The van der Waals surface area contributed by atoms with Gasteiger partial charge in [-0.2, -0.15) is 8.78 Å². The summed E-state index contributed by atoms with van der Waals surface area (Å²) in [5.41, 5.74) is 4.61. The lowest BCUT2D eigenvalue weighted by Gasteiger charge is -2.23. The molecule has 1 rings (SSSR count). The van der Waals surface area contributed by atoms with E-state index in [9.17, 15) is 23.1 Å². The van der Waals surface area contributed by atoms with Gasteiger partial charge in [0.1, 0.15) is 11.9 Å². The average Bonchev–Trinajstić information content (AvgIpc) is 2.40. The molecule has 0 radical (unpaired) electrons. The van der Waals surface area contributed by atoms with E-state index >= 15 is 0 Å². The molecule has 120 valence electrons. The van der Waals surface area contributed by atoms with Crippen LogP contribution in [-0.2, 0) is 9.53 Å². The lowest BCUT2D eigenvalue weighted by molar-refractivity contribution is -0.174. The number of benzene rings is 1. The number of halogens is 4. The number of nitrogens with two attached hydrogens (primary N) is 1. The molecule has 1 aromatic rings. The zero-order valence-corrected chi connectivity index (χ0v) is 12.0. The van der Waals surface area contributed by atoms with E-state index < -0.39 is 35.1 Å². The monoisotopic (exact) mass is 329 g/mol. The molecular formula is C12H15ClF3NO4. The van der Waals surface area contributed by atoms with Crippen LogP contribution in [0.15, 0.2) is 12.1 Å². The Morgan fingerprint density at radius 1 is 1.48 bits per heavy atom. The van der Waals surface area contributed by atoms with Gasteiger partial charge >= 0.3 is 11.9 Å². The average molecular weight is 330 g/mol. The second-order valence-corrected chi connectivity index (χ2v) is 3.87. The maximum Gasteiger partial charge on any atom is 0.379 e. The van der Waals surface area contributed by atoms with Crippen LogP contribution < -0.4 is 10.5 Å². The molecule has 0 spiro atoms. The number of esters is 1. The number of carbonyl (C=O) groups is 1. The predicted molar refractivity (Wildman–Crippen MR) is 70.4 cm³/mol. The SMILES string of the molecule is CCOC(=O)C(F)(F)[C@H](N)c1cc(F)cc(OC)c1O.Cl. The molecule has 0 bridgehead atoms. The molecule has 1 aromatic carbocycles. The van der Waals surface area contributed by atoms with Gasteiger partial charge in [-0.05, 0) is 13.0 Å². The van der Waals surface area contributed by atoms with Gasteiger partial charge in [-0.15, -0.1) is 12.4 Å². The van der Waals surface area contributed by atoms with Crippen LogP contribution in [0.3, 0.4) is 0 Å². The molecule has 0 fully saturated rings. The lowest BCUT2D eigenvalue weighted by Crippen LogP contribution is -2.41. The van der Waals surface area contributed by atoms with Gasteiger partial charge in [0.2, 0.25) is 0 Å². The van der Waals surface area contributed by atoms with Crippen LogP contribution >= 0.6 is 12.4 Å². The Morgan fingerprint density at radius 3 is 2.52 bits per heavy atom. The molecule has 3 N–H and O–H groups in total. The quantitative estimate of drug-likeness (QED) is 0.809. The van der Waals surface area contributed by atoms with Crippen molar-refractivity contribution in [3.05, 3.63) is 23.5 Å². The third-order valence-electron chi connectivity index (χ3n) is 2.56. The Hall–Kier alpha value is -1.67. The summed E-state index contributed by atoms with van der Waals surface area (Å²) in [6, 6.07) is -0.866. The van der Waals surface area contributed by atoms with E-state index in [1.165, 1.54) is 6.92 Å². The zero-order chi connectivity index (χ0) is 15.5. The predicted octanol–water partition coefficient (Wildman–Crippen LogP) is 2.16.